The van der Waals surface area contributed by atoms with Crippen molar-refractivity contribution in [1.82, 2.24) is 14.9 Å². The molecule has 0 aromatic heterocycles. The minimum atomic E-state index is -3.94. The number of nitrogens with zero attached hydrogens (tertiary/aromatic N) is 1. The fourth-order valence-corrected chi connectivity index (χ4v) is 4.24. The summed E-state index contributed by atoms with van der Waals surface area (Å²) in [5.41, 5.74) is 2.53. The molecule has 9 heteroatoms. The van der Waals surface area contributed by atoms with Gasteiger partial charge < -0.3 is 15.5 Å². The fourth-order valence-electron chi connectivity index (χ4n) is 3.04. The smallest absolute Gasteiger partial charge is 0.332 e. The maximum absolute atomic E-state index is 12.5. The normalized spacial score (nSPS) is 17.8. The summed E-state index contributed by atoms with van der Waals surface area (Å²) in [7, 11) is -2.44. The quantitative estimate of drug-likeness (QED) is 0.710. The number of carbonyl (C=O) groups is 2. The summed E-state index contributed by atoms with van der Waals surface area (Å²) in [5, 5.41) is 4.32. The van der Waals surface area contributed by atoms with E-state index in [-0.39, 0.29) is 31.0 Å². The number of amides is 4. The molecule has 150 valence electrons. The van der Waals surface area contributed by atoms with Crippen molar-refractivity contribution in [1.29, 1.82) is 0 Å². The summed E-state index contributed by atoms with van der Waals surface area (Å²) in [6.45, 7) is 8.04. The molecule has 0 bridgehead atoms. The Balaban J connectivity index is 2.19. The van der Waals surface area contributed by atoms with Crippen molar-refractivity contribution in [3.8, 4) is 0 Å². The highest BCUT2D eigenvalue weighted by atomic mass is 32.2. The first-order valence-corrected chi connectivity index (χ1v) is 10.5. The number of para-hydroxylation sites is 1. The van der Waals surface area contributed by atoms with Gasteiger partial charge in [0.15, 0.2) is 0 Å². The summed E-state index contributed by atoms with van der Waals surface area (Å²) >= 11 is 0. The fraction of sp³-hybridized carbons (Fsp3) is 0.556. The second kappa shape index (κ2) is 8.16. The van der Waals surface area contributed by atoms with Crippen molar-refractivity contribution in [3.63, 3.8) is 0 Å². The molecule has 1 aliphatic rings. The lowest BCUT2D eigenvalue weighted by Gasteiger charge is -2.30. The van der Waals surface area contributed by atoms with Crippen LogP contribution in [0.2, 0.25) is 0 Å². The van der Waals surface area contributed by atoms with E-state index in [2.05, 4.69) is 15.4 Å². The lowest BCUT2D eigenvalue weighted by molar-refractivity contribution is 0.199. The van der Waals surface area contributed by atoms with Crippen LogP contribution in [0.25, 0.3) is 0 Å². The molecule has 8 nitrogen and oxygen atoms in total. The lowest BCUT2D eigenvalue weighted by atomic mass is 9.93. The molecule has 0 saturated carbocycles. The Bertz CT molecular complexity index is 794. The predicted molar refractivity (Wildman–Crippen MR) is 106 cm³/mol. The zero-order chi connectivity index (χ0) is 20.4. The molecule has 1 aromatic rings. The molecule has 1 atom stereocenters. The Morgan fingerprint density at radius 3 is 2.22 bits per heavy atom. The maximum atomic E-state index is 12.5. The molecule has 1 saturated heterocycles. The minimum Gasteiger partial charge on any atom is -0.337 e. The largest absolute Gasteiger partial charge is 0.337 e. The molecular weight excluding hydrogens is 368 g/mol. The van der Waals surface area contributed by atoms with Gasteiger partial charge in [0, 0.05) is 25.8 Å². The number of hydrogen-bond acceptors (Lipinski definition) is 4. The van der Waals surface area contributed by atoms with Gasteiger partial charge in [-0.15, -0.1) is 0 Å². The highest BCUT2D eigenvalue weighted by molar-refractivity contribution is 7.90. The zero-order valence-corrected chi connectivity index (χ0v) is 17.2. The summed E-state index contributed by atoms with van der Waals surface area (Å²) in [6.07, 6.45) is 0. The topological polar surface area (TPSA) is 108 Å². The number of hydrogen-bond donors (Lipinski definition) is 3. The van der Waals surface area contributed by atoms with Gasteiger partial charge in [-0.1, -0.05) is 45.9 Å². The SMILES string of the molecule is CC(C)c1cccc(C(C)C)c1NC(=O)NS(=O)(=O)C1CNC(=O)N(C)C1. The molecule has 2 rings (SSSR count). The maximum Gasteiger partial charge on any atom is 0.332 e. The van der Waals surface area contributed by atoms with Gasteiger partial charge in [-0.05, 0) is 23.0 Å². The zero-order valence-electron chi connectivity index (χ0n) is 16.4. The van der Waals surface area contributed by atoms with Crippen molar-refractivity contribution >= 4 is 27.8 Å². The molecule has 0 spiro atoms. The number of carbonyl (C=O) groups excluding carboxylic acids is 2. The van der Waals surface area contributed by atoms with Gasteiger partial charge in [0.1, 0.15) is 5.25 Å². The van der Waals surface area contributed by atoms with E-state index in [4.69, 9.17) is 0 Å². The number of urea groups is 2. The van der Waals surface area contributed by atoms with Crippen molar-refractivity contribution in [3.05, 3.63) is 29.3 Å². The average molecular weight is 397 g/mol. The summed E-state index contributed by atoms with van der Waals surface area (Å²) in [6, 6.07) is 4.65. The molecule has 1 heterocycles. The van der Waals surface area contributed by atoms with Gasteiger partial charge in [0.05, 0.1) is 0 Å². The van der Waals surface area contributed by atoms with Gasteiger partial charge in [-0.3, -0.25) is 0 Å². The monoisotopic (exact) mass is 396 g/mol. The third-order valence-electron chi connectivity index (χ3n) is 4.59. The number of benzene rings is 1. The molecule has 4 amide bonds. The Hall–Kier alpha value is -2.29. The molecule has 27 heavy (non-hydrogen) atoms. The highest BCUT2D eigenvalue weighted by Crippen LogP contribution is 2.32. The van der Waals surface area contributed by atoms with Crippen molar-refractivity contribution in [2.45, 2.75) is 44.8 Å². The summed E-state index contributed by atoms with van der Waals surface area (Å²) in [4.78, 5) is 25.2. The molecule has 0 radical (unpaired) electrons. The van der Waals surface area contributed by atoms with Gasteiger partial charge in [0.2, 0.25) is 10.0 Å². The van der Waals surface area contributed by atoms with E-state index in [1.807, 2.05) is 45.9 Å². The molecule has 3 N–H and O–H groups in total. The highest BCUT2D eigenvalue weighted by Gasteiger charge is 2.34. The molecule has 1 aromatic carbocycles. The Morgan fingerprint density at radius 1 is 1.19 bits per heavy atom. The van der Waals surface area contributed by atoms with E-state index in [0.29, 0.717) is 5.69 Å². The number of nitrogens with one attached hydrogen (secondary N) is 3. The van der Waals surface area contributed by atoms with E-state index in [1.165, 1.54) is 11.9 Å². The Kier molecular flexibility index (Phi) is 6.35. The first kappa shape index (κ1) is 21.0. The molecule has 1 unspecified atom stereocenters. The summed E-state index contributed by atoms with van der Waals surface area (Å²) in [5.74, 6) is 0.329. The van der Waals surface area contributed by atoms with Crippen LogP contribution in [-0.2, 0) is 10.0 Å². The van der Waals surface area contributed by atoms with Crippen molar-refractivity contribution in [2.75, 3.05) is 25.5 Å². The molecule has 0 aliphatic carbocycles. The van der Waals surface area contributed by atoms with Gasteiger partial charge in [-0.25, -0.2) is 22.7 Å². The lowest BCUT2D eigenvalue weighted by Crippen LogP contribution is -2.57. The first-order chi connectivity index (χ1) is 12.5. The number of sulfonamides is 1. The van der Waals surface area contributed by atoms with E-state index in [9.17, 15) is 18.0 Å². The van der Waals surface area contributed by atoms with Crippen LogP contribution >= 0.6 is 0 Å². The molecular formula is C18H28N4O4S. The second-order valence-electron chi connectivity index (χ2n) is 7.41. The van der Waals surface area contributed by atoms with Crippen LogP contribution in [0, 0.1) is 0 Å². The van der Waals surface area contributed by atoms with Crippen LogP contribution in [-0.4, -0.2) is 50.8 Å². The van der Waals surface area contributed by atoms with Crippen LogP contribution < -0.4 is 15.4 Å². The molecule has 1 fully saturated rings. The first-order valence-electron chi connectivity index (χ1n) is 8.97. The van der Waals surface area contributed by atoms with E-state index < -0.39 is 21.3 Å². The van der Waals surface area contributed by atoms with E-state index >= 15 is 0 Å². The van der Waals surface area contributed by atoms with E-state index in [1.54, 1.807) is 0 Å². The van der Waals surface area contributed by atoms with Crippen molar-refractivity contribution < 1.29 is 18.0 Å². The van der Waals surface area contributed by atoms with Gasteiger partial charge >= 0.3 is 12.1 Å². The molecule has 1 aliphatic heterocycles. The Morgan fingerprint density at radius 2 is 1.74 bits per heavy atom. The van der Waals surface area contributed by atoms with Crippen LogP contribution in [0.15, 0.2) is 18.2 Å². The second-order valence-corrected chi connectivity index (χ2v) is 9.37. The third kappa shape index (κ3) is 4.91. The van der Waals surface area contributed by atoms with E-state index in [0.717, 1.165) is 11.1 Å². The van der Waals surface area contributed by atoms with Crippen LogP contribution in [0.1, 0.15) is 50.7 Å². The van der Waals surface area contributed by atoms with Gasteiger partial charge in [-0.2, -0.15) is 0 Å². The number of anilines is 1. The standard InChI is InChI=1S/C18H28N4O4S/c1-11(2)14-7-6-8-15(12(3)4)16(14)20-17(23)21-27(25,26)13-9-19-18(24)22(5)10-13/h6-8,11-13H,9-10H2,1-5H3,(H,19,24)(H2,20,21,23). The van der Waals surface area contributed by atoms with Gasteiger partial charge in [0.25, 0.3) is 0 Å². The van der Waals surface area contributed by atoms with Crippen LogP contribution in [0.5, 0.6) is 0 Å². The number of rotatable bonds is 5. The predicted octanol–water partition coefficient (Wildman–Crippen LogP) is 2.41. The summed E-state index contributed by atoms with van der Waals surface area (Å²) < 4.78 is 27.1. The Labute approximate surface area is 160 Å². The third-order valence-corrected chi connectivity index (χ3v) is 6.25. The minimum absolute atomic E-state index is 0.0221. The average Bonchev–Trinajstić information content (AvgIpc) is 2.56. The van der Waals surface area contributed by atoms with Crippen molar-refractivity contribution in [2.24, 2.45) is 0 Å². The van der Waals surface area contributed by atoms with Crippen LogP contribution in [0.3, 0.4) is 0 Å². The van der Waals surface area contributed by atoms with Crippen LogP contribution in [0.4, 0.5) is 15.3 Å².